The topological polar surface area (TPSA) is 55.2 Å². The zero-order valence-corrected chi connectivity index (χ0v) is 21.9. The number of ketones is 1. The number of nitrogens with zero attached hydrogens (tertiary/aromatic N) is 3. The Morgan fingerprint density at radius 3 is 2.42 bits per heavy atom. The molecule has 0 radical (unpaired) electrons. The van der Waals surface area contributed by atoms with Crippen molar-refractivity contribution in [2.24, 2.45) is 5.92 Å². The van der Waals surface area contributed by atoms with E-state index in [9.17, 15) is 22.8 Å². The number of thiophene rings is 1. The van der Waals surface area contributed by atoms with E-state index in [2.05, 4.69) is 0 Å². The Hall–Kier alpha value is -3.72. The van der Waals surface area contributed by atoms with Crippen LogP contribution < -0.4 is 4.90 Å². The number of Topliss-reactive ketones (excluding diaryl/α,β-unsaturated/α-hetero) is 1. The largest absolute Gasteiger partial charge is 0.416 e. The zero-order valence-electron chi connectivity index (χ0n) is 21.1. The standard InChI is InChI=1S/C29H26F3N3O2S/c1-4-34-27-25(18(3)33-35(27)21-11-6-5-7-12-21)26(24-13-17(2)16-38-24)22(28(34)37)15-23(36)19-9-8-10-20(14-19)29(30,31)32/h5-14,16,22,26H,4,15H2,1-3H3/t22-,26-/m0/s1. The molecule has 0 bridgehead atoms. The second-order valence-corrected chi connectivity index (χ2v) is 10.4. The number of hydrogen-bond donors (Lipinski definition) is 0. The second-order valence-electron chi connectivity index (χ2n) is 9.47. The molecule has 0 fully saturated rings. The number of fused-ring (bicyclic) bond motifs is 1. The molecule has 1 aliphatic rings. The summed E-state index contributed by atoms with van der Waals surface area (Å²) in [5.41, 5.74) is 2.50. The molecule has 0 unspecified atom stereocenters. The van der Waals surface area contributed by atoms with Crippen LogP contribution in [0.15, 0.2) is 66.0 Å². The number of anilines is 1. The van der Waals surface area contributed by atoms with Gasteiger partial charge < -0.3 is 0 Å². The molecule has 3 heterocycles. The number of benzene rings is 2. The lowest BCUT2D eigenvalue weighted by molar-refractivity contribution is -0.137. The lowest BCUT2D eigenvalue weighted by Crippen LogP contribution is -2.45. The summed E-state index contributed by atoms with van der Waals surface area (Å²) in [6, 6.07) is 15.9. The van der Waals surface area contributed by atoms with Gasteiger partial charge in [-0.15, -0.1) is 11.3 Å². The van der Waals surface area contributed by atoms with Crippen molar-refractivity contribution in [2.75, 3.05) is 11.4 Å². The van der Waals surface area contributed by atoms with E-state index in [0.29, 0.717) is 12.4 Å². The van der Waals surface area contributed by atoms with E-state index in [1.54, 1.807) is 9.58 Å². The van der Waals surface area contributed by atoms with Crippen molar-refractivity contribution in [3.8, 4) is 5.69 Å². The van der Waals surface area contributed by atoms with Crippen LogP contribution in [-0.4, -0.2) is 28.0 Å². The van der Waals surface area contributed by atoms with Gasteiger partial charge in [0.25, 0.3) is 0 Å². The van der Waals surface area contributed by atoms with E-state index in [1.165, 1.54) is 23.5 Å². The average molecular weight is 538 g/mol. The first-order chi connectivity index (χ1) is 18.1. The fraction of sp³-hybridized carbons (Fsp3) is 0.276. The van der Waals surface area contributed by atoms with E-state index in [-0.39, 0.29) is 17.9 Å². The van der Waals surface area contributed by atoms with Crippen LogP contribution in [0.25, 0.3) is 5.69 Å². The van der Waals surface area contributed by atoms with Gasteiger partial charge in [-0.2, -0.15) is 18.3 Å². The highest BCUT2D eigenvalue weighted by molar-refractivity contribution is 7.10. The Bertz CT molecular complexity index is 1510. The molecule has 1 aliphatic heterocycles. The van der Waals surface area contributed by atoms with Gasteiger partial charge in [0.05, 0.1) is 22.9 Å². The molecule has 0 spiro atoms. The van der Waals surface area contributed by atoms with E-state index in [1.807, 2.05) is 62.5 Å². The van der Waals surface area contributed by atoms with Crippen molar-refractivity contribution in [2.45, 2.75) is 39.3 Å². The third-order valence-corrected chi connectivity index (χ3v) is 8.06. The van der Waals surface area contributed by atoms with Crippen LogP contribution >= 0.6 is 11.3 Å². The van der Waals surface area contributed by atoms with Crippen molar-refractivity contribution in [1.82, 2.24) is 9.78 Å². The van der Waals surface area contributed by atoms with Crippen molar-refractivity contribution in [3.63, 3.8) is 0 Å². The molecule has 0 N–H and O–H groups in total. The lowest BCUT2D eigenvalue weighted by Gasteiger charge is -2.37. The summed E-state index contributed by atoms with van der Waals surface area (Å²) >= 11 is 1.51. The maximum absolute atomic E-state index is 14.1. The van der Waals surface area contributed by atoms with Gasteiger partial charge in [0.1, 0.15) is 5.82 Å². The number of rotatable bonds is 6. The summed E-state index contributed by atoms with van der Waals surface area (Å²) in [6.07, 6.45) is -4.78. The molecule has 38 heavy (non-hydrogen) atoms. The second kappa shape index (κ2) is 9.87. The maximum Gasteiger partial charge on any atom is 0.416 e. The summed E-state index contributed by atoms with van der Waals surface area (Å²) in [5, 5.41) is 6.80. The highest BCUT2D eigenvalue weighted by Gasteiger charge is 2.46. The summed E-state index contributed by atoms with van der Waals surface area (Å²) < 4.78 is 41.7. The van der Waals surface area contributed by atoms with Gasteiger partial charge in [-0.25, -0.2) is 4.68 Å². The molecule has 0 saturated heterocycles. The van der Waals surface area contributed by atoms with Gasteiger partial charge in [-0.3, -0.25) is 14.5 Å². The third-order valence-electron chi connectivity index (χ3n) is 6.93. The number of amides is 1. The molecular weight excluding hydrogens is 511 g/mol. The first-order valence-corrected chi connectivity index (χ1v) is 13.2. The van der Waals surface area contributed by atoms with Gasteiger partial charge in [-0.05, 0) is 62.0 Å². The van der Waals surface area contributed by atoms with Crippen molar-refractivity contribution < 1.29 is 22.8 Å². The van der Waals surface area contributed by atoms with Crippen LogP contribution in [0.3, 0.4) is 0 Å². The number of aromatic nitrogens is 2. The monoisotopic (exact) mass is 537 g/mol. The third kappa shape index (κ3) is 4.55. The molecule has 0 aliphatic carbocycles. The number of carbonyl (C=O) groups is 2. The molecule has 0 saturated carbocycles. The van der Waals surface area contributed by atoms with Crippen LogP contribution in [0.4, 0.5) is 19.0 Å². The highest BCUT2D eigenvalue weighted by atomic mass is 32.1. The minimum Gasteiger partial charge on any atom is -0.296 e. The summed E-state index contributed by atoms with van der Waals surface area (Å²) in [4.78, 5) is 30.0. The highest BCUT2D eigenvalue weighted by Crippen LogP contribution is 2.48. The van der Waals surface area contributed by atoms with Gasteiger partial charge in [0, 0.05) is 34.9 Å². The minimum absolute atomic E-state index is 0.0562. The Kier molecular flexibility index (Phi) is 6.73. The van der Waals surface area contributed by atoms with Crippen molar-refractivity contribution in [1.29, 1.82) is 0 Å². The van der Waals surface area contributed by atoms with Crippen molar-refractivity contribution >= 4 is 28.8 Å². The number of alkyl halides is 3. The van der Waals surface area contributed by atoms with Gasteiger partial charge in [0.2, 0.25) is 5.91 Å². The molecule has 2 atom stereocenters. The Morgan fingerprint density at radius 2 is 1.79 bits per heavy atom. The zero-order chi connectivity index (χ0) is 27.2. The summed E-state index contributed by atoms with van der Waals surface area (Å²) in [7, 11) is 0. The molecule has 2 aromatic heterocycles. The predicted molar refractivity (Wildman–Crippen MR) is 141 cm³/mol. The molecule has 5 nitrogen and oxygen atoms in total. The molecule has 1 amide bonds. The van der Waals surface area contributed by atoms with E-state index in [0.717, 1.165) is 39.5 Å². The van der Waals surface area contributed by atoms with E-state index in [4.69, 9.17) is 5.10 Å². The number of para-hydroxylation sites is 1. The Labute approximate surface area is 222 Å². The first-order valence-electron chi connectivity index (χ1n) is 12.3. The average Bonchev–Trinajstić information content (AvgIpc) is 3.48. The van der Waals surface area contributed by atoms with Gasteiger partial charge in [-0.1, -0.05) is 30.3 Å². The van der Waals surface area contributed by atoms with Crippen LogP contribution in [0.2, 0.25) is 0 Å². The molecule has 4 aromatic rings. The summed E-state index contributed by atoms with van der Waals surface area (Å²) in [6.45, 7) is 6.07. The fourth-order valence-corrected chi connectivity index (χ4v) is 6.28. The number of carbonyl (C=O) groups excluding carboxylic acids is 2. The maximum atomic E-state index is 14.1. The molecule has 196 valence electrons. The Balaban J connectivity index is 1.64. The van der Waals surface area contributed by atoms with Gasteiger partial charge in [0.15, 0.2) is 5.78 Å². The van der Waals surface area contributed by atoms with Gasteiger partial charge >= 0.3 is 6.18 Å². The lowest BCUT2D eigenvalue weighted by atomic mass is 9.77. The molecule has 9 heteroatoms. The number of hydrogen-bond acceptors (Lipinski definition) is 4. The van der Waals surface area contributed by atoms with Crippen LogP contribution in [0.5, 0.6) is 0 Å². The van der Waals surface area contributed by atoms with E-state index < -0.39 is 29.4 Å². The normalized spacial score (nSPS) is 17.5. The van der Waals surface area contributed by atoms with Crippen molar-refractivity contribution in [3.05, 3.63) is 98.9 Å². The van der Waals surface area contributed by atoms with E-state index >= 15 is 0 Å². The number of halogens is 3. The molecule has 2 aromatic carbocycles. The summed E-state index contributed by atoms with van der Waals surface area (Å²) in [5.74, 6) is -1.31. The predicted octanol–water partition coefficient (Wildman–Crippen LogP) is 6.96. The van der Waals surface area contributed by atoms with Crippen LogP contribution in [0, 0.1) is 19.8 Å². The molecular formula is C29H26F3N3O2S. The SMILES string of the molecule is CCN1C(=O)[C@@H](CC(=O)c2cccc(C(F)(F)F)c2)[C@@H](c2cc(C)cs2)c2c(C)nn(-c3ccccc3)c21. The van der Waals surface area contributed by atoms with Crippen LogP contribution in [0.1, 0.15) is 56.9 Å². The first kappa shape index (κ1) is 25.9. The fourth-order valence-electron chi connectivity index (χ4n) is 5.20. The van der Waals surface area contributed by atoms with Crippen LogP contribution in [-0.2, 0) is 11.0 Å². The smallest absolute Gasteiger partial charge is 0.296 e. The number of aryl methyl sites for hydroxylation is 2. The minimum atomic E-state index is -4.56. The quantitative estimate of drug-likeness (QED) is 0.250. The molecule has 5 rings (SSSR count). The Morgan fingerprint density at radius 1 is 1.05 bits per heavy atom.